The maximum atomic E-state index is 13.2. The Balaban J connectivity index is 1.53. The van der Waals surface area contributed by atoms with Gasteiger partial charge in [0.2, 0.25) is 11.8 Å². The molecule has 2 aromatic carbocycles. The lowest BCUT2D eigenvalue weighted by atomic mass is 10.1. The van der Waals surface area contributed by atoms with Crippen LogP contribution in [0.4, 0.5) is 5.69 Å². The maximum Gasteiger partial charge on any atom is 0.263 e. The predicted molar refractivity (Wildman–Crippen MR) is 110 cm³/mol. The molecule has 0 atom stereocenters. The van der Waals surface area contributed by atoms with E-state index in [2.05, 4.69) is 10.3 Å². The summed E-state index contributed by atoms with van der Waals surface area (Å²) >= 11 is 0. The summed E-state index contributed by atoms with van der Waals surface area (Å²) in [5.74, 6) is 0.477. The van der Waals surface area contributed by atoms with Crippen molar-refractivity contribution in [3.05, 3.63) is 83.6 Å². The first kappa shape index (κ1) is 18.7. The normalized spacial score (nSPS) is 12.4. The van der Waals surface area contributed by atoms with Gasteiger partial charge in [0, 0.05) is 25.7 Å². The number of ether oxygens (including phenoxy) is 1. The van der Waals surface area contributed by atoms with E-state index in [9.17, 15) is 9.59 Å². The number of nitrogens with one attached hydrogen (secondary N) is 1. The number of aromatic nitrogens is 1. The summed E-state index contributed by atoms with van der Waals surface area (Å²) in [4.78, 5) is 31.4. The topological polar surface area (TPSA) is 71.5 Å². The molecule has 1 N–H and O–H groups in total. The van der Waals surface area contributed by atoms with Gasteiger partial charge in [0.1, 0.15) is 5.56 Å². The van der Waals surface area contributed by atoms with E-state index in [-0.39, 0.29) is 30.7 Å². The second-order valence-electron chi connectivity index (χ2n) is 6.90. The fourth-order valence-electron chi connectivity index (χ4n) is 3.24. The van der Waals surface area contributed by atoms with E-state index in [4.69, 9.17) is 4.74 Å². The SMILES string of the molecule is Cc1ccc2c(c1)N(CCC(=O)NCc1ccccc1)C(=O)c1cccnc1O2. The molecule has 0 saturated carbocycles. The zero-order valence-electron chi connectivity index (χ0n) is 16.1. The molecule has 0 bridgehead atoms. The van der Waals surface area contributed by atoms with Gasteiger partial charge in [-0.15, -0.1) is 0 Å². The first-order chi connectivity index (χ1) is 14.1. The standard InChI is InChI=1S/C23H21N3O3/c1-16-9-10-20-19(14-16)26(23(28)18-8-5-12-24-22(18)29-20)13-11-21(27)25-15-17-6-3-2-4-7-17/h2-10,12,14H,11,13,15H2,1H3,(H,25,27). The lowest BCUT2D eigenvalue weighted by Gasteiger charge is -2.22. The lowest BCUT2D eigenvalue weighted by Crippen LogP contribution is -2.35. The fraction of sp³-hybridized carbons (Fsp3) is 0.174. The molecule has 0 aliphatic carbocycles. The highest BCUT2D eigenvalue weighted by atomic mass is 16.5. The van der Waals surface area contributed by atoms with Gasteiger partial charge in [0.05, 0.1) is 5.69 Å². The van der Waals surface area contributed by atoms with E-state index >= 15 is 0 Å². The molecule has 2 heterocycles. The smallest absolute Gasteiger partial charge is 0.263 e. The summed E-state index contributed by atoms with van der Waals surface area (Å²) in [6.45, 7) is 2.65. The lowest BCUT2D eigenvalue weighted by molar-refractivity contribution is -0.121. The van der Waals surface area contributed by atoms with Gasteiger partial charge >= 0.3 is 0 Å². The Labute approximate surface area is 169 Å². The van der Waals surface area contributed by atoms with Crippen molar-refractivity contribution in [3.63, 3.8) is 0 Å². The molecule has 29 heavy (non-hydrogen) atoms. The molecule has 146 valence electrons. The molecular weight excluding hydrogens is 366 g/mol. The van der Waals surface area contributed by atoms with Crippen LogP contribution in [-0.2, 0) is 11.3 Å². The number of aryl methyl sites for hydroxylation is 1. The highest BCUT2D eigenvalue weighted by Gasteiger charge is 2.29. The third kappa shape index (κ3) is 4.11. The molecule has 0 saturated heterocycles. The second-order valence-corrected chi connectivity index (χ2v) is 6.90. The van der Waals surface area contributed by atoms with E-state index < -0.39 is 0 Å². The fourth-order valence-corrected chi connectivity index (χ4v) is 3.24. The van der Waals surface area contributed by atoms with Crippen LogP contribution in [0.15, 0.2) is 66.9 Å². The van der Waals surface area contributed by atoms with Crippen LogP contribution >= 0.6 is 0 Å². The third-order valence-electron chi connectivity index (χ3n) is 4.75. The van der Waals surface area contributed by atoms with Crippen molar-refractivity contribution >= 4 is 17.5 Å². The van der Waals surface area contributed by atoms with E-state index in [1.807, 2.05) is 55.5 Å². The molecule has 0 radical (unpaired) electrons. The number of anilines is 1. The number of amides is 2. The van der Waals surface area contributed by atoms with Gasteiger partial charge in [-0.25, -0.2) is 4.98 Å². The molecule has 6 heteroatoms. The van der Waals surface area contributed by atoms with Gasteiger partial charge in [0.25, 0.3) is 5.91 Å². The molecule has 0 fully saturated rings. The molecule has 1 aliphatic heterocycles. The molecule has 2 amide bonds. The number of carbonyl (C=O) groups excluding carboxylic acids is 2. The summed E-state index contributed by atoms with van der Waals surface area (Å²) in [7, 11) is 0. The summed E-state index contributed by atoms with van der Waals surface area (Å²) < 4.78 is 5.90. The van der Waals surface area contributed by atoms with Crippen molar-refractivity contribution in [1.82, 2.24) is 10.3 Å². The third-order valence-corrected chi connectivity index (χ3v) is 4.75. The van der Waals surface area contributed by atoms with Gasteiger partial charge in [0.15, 0.2) is 5.75 Å². The largest absolute Gasteiger partial charge is 0.436 e. The number of pyridine rings is 1. The average molecular weight is 387 g/mol. The van der Waals surface area contributed by atoms with Crippen LogP contribution in [0, 0.1) is 6.92 Å². The Kier molecular flexibility index (Phi) is 5.24. The van der Waals surface area contributed by atoms with Crippen LogP contribution in [0.1, 0.15) is 27.9 Å². The van der Waals surface area contributed by atoms with Gasteiger partial charge in [-0.2, -0.15) is 0 Å². The number of hydrogen-bond donors (Lipinski definition) is 1. The number of nitrogens with zero attached hydrogens (tertiary/aromatic N) is 2. The first-order valence-electron chi connectivity index (χ1n) is 9.48. The number of hydrogen-bond acceptors (Lipinski definition) is 4. The van der Waals surface area contributed by atoms with Crippen LogP contribution in [0.2, 0.25) is 0 Å². The predicted octanol–water partition coefficient (Wildman–Crippen LogP) is 3.85. The van der Waals surface area contributed by atoms with Crippen molar-refractivity contribution in [2.24, 2.45) is 0 Å². The molecular formula is C23H21N3O3. The summed E-state index contributed by atoms with van der Waals surface area (Å²) in [6, 6.07) is 18.7. The van der Waals surface area contributed by atoms with Crippen molar-refractivity contribution < 1.29 is 14.3 Å². The van der Waals surface area contributed by atoms with Crippen LogP contribution < -0.4 is 15.0 Å². The van der Waals surface area contributed by atoms with E-state index in [0.717, 1.165) is 11.1 Å². The van der Waals surface area contributed by atoms with Gasteiger partial charge in [-0.1, -0.05) is 36.4 Å². The van der Waals surface area contributed by atoms with E-state index in [1.54, 1.807) is 23.2 Å². The second kappa shape index (κ2) is 8.14. The first-order valence-corrected chi connectivity index (χ1v) is 9.48. The zero-order chi connectivity index (χ0) is 20.2. The minimum atomic E-state index is -0.228. The number of rotatable bonds is 5. The summed E-state index contributed by atoms with van der Waals surface area (Å²) in [6.07, 6.45) is 1.77. The van der Waals surface area contributed by atoms with Crippen LogP contribution in [-0.4, -0.2) is 23.3 Å². The molecule has 3 aromatic rings. The molecule has 1 aliphatic rings. The van der Waals surface area contributed by atoms with Crippen molar-refractivity contribution in [3.8, 4) is 11.6 Å². The summed E-state index contributed by atoms with van der Waals surface area (Å²) in [5, 5.41) is 2.90. The Morgan fingerprint density at radius 1 is 1.10 bits per heavy atom. The quantitative estimate of drug-likeness (QED) is 0.722. The molecule has 6 nitrogen and oxygen atoms in total. The number of carbonyl (C=O) groups is 2. The highest BCUT2D eigenvalue weighted by Crippen LogP contribution is 2.38. The van der Waals surface area contributed by atoms with Crippen LogP contribution in [0.5, 0.6) is 11.6 Å². The summed E-state index contributed by atoms with van der Waals surface area (Å²) in [5.41, 5.74) is 3.05. The van der Waals surface area contributed by atoms with Crippen LogP contribution in [0.3, 0.4) is 0 Å². The van der Waals surface area contributed by atoms with Crippen molar-refractivity contribution in [2.75, 3.05) is 11.4 Å². The Bertz CT molecular complexity index is 1050. The van der Waals surface area contributed by atoms with Gasteiger partial charge in [-0.3, -0.25) is 9.59 Å². The Hall–Kier alpha value is -3.67. The average Bonchev–Trinajstić information content (AvgIpc) is 2.86. The minimum absolute atomic E-state index is 0.118. The molecule has 4 rings (SSSR count). The van der Waals surface area contributed by atoms with Crippen molar-refractivity contribution in [1.29, 1.82) is 0 Å². The molecule has 0 spiro atoms. The number of benzene rings is 2. The maximum absolute atomic E-state index is 13.2. The molecule has 0 unspecified atom stereocenters. The Morgan fingerprint density at radius 3 is 2.76 bits per heavy atom. The van der Waals surface area contributed by atoms with E-state index in [0.29, 0.717) is 23.5 Å². The number of fused-ring (bicyclic) bond motifs is 2. The zero-order valence-corrected chi connectivity index (χ0v) is 16.1. The molecule has 1 aromatic heterocycles. The minimum Gasteiger partial charge on any atom is -0.436 e. The highest BCUT2D eigenvalue weighted by molar-refractivity contribution is 6.09. The Morgan fingerprint density at radius 2 is 1.93 bits per heavy atom. The monoisotopic (exact) mass is 387 g/mol. The van der Waals surface area contributed by atoms with Gasteiger partial charge < -0.3 is 15.0 Å². The van der Waals surface area contributed by atoms with Crippen molar-refractivity contribution in [2.45, 2.75) is 19.9 Å². The van der Waals surface area contributed by atoms with Crippen LogP contribution in [0.25, 0.3) is 0 Å². The van der Waals surface area contributed by atoms with Gasteiger partial charge in [-0.05, 0) is 42.3 Å². The van der Waals surface area contributed by atoms with E-state index in [1.165, 1.54) is 0 Å².